The molecule has 0 saturated heterocycles. The van der Waals surface area contributed by atoms with Crippen LogP contribution in [0.2, 0.25) is 5.15 Å². The highest BCUT2D eigenvalue weighted by molar-refractivity contribution is 7.22. The molecule has 0 aliphatic rings. The molecule has 0 aliphatic carbocycles. The van der Waals surface area contributed by atoms with Gasteiger partial charge in [0.2, 0.25) is 0 Å². The molecule has 3 heterocycles. The highest BCUT2D eigenvalue weighted by atomic mass is 35.5. The Balaban J connectivity index is 1.88. The summed E-state index contributed by atoms with van der Waals surface area (Å²) in [6, 6.07) is 11.8. The first-order chi connectivity index (χ1) is 19.1. The van der Waals surface area contributed by atoms with E-state index in [9.17, 15) is 28.5 Å². The summed E-state index contributed by atoms with van der Waals surface area (Å²) < 4.78 is 31.3. The lowest BCUT2D eigenvalue weighted by atomic mass is 10.1. The van der Waals surface area contributed by atoms with Crippen molar-refractivity contribution >= 4 is 38.8 Å². The third-order valence-corrected chi connectivity index (χ3v) is 7.62. The predicted octanol–water partition coefficient (Wildman–Crippen LogP) is 4.62. The van der Waals surface area contributed by atoms with Crippen LogP contribution in [0, 0.1) is 21.7 Å². The van der Waals surface area contributed by atoms with Crippen molar-refractivity contribution in [3.05, 3.63) is 113 Å². The number of halogens is 3. The maximum Gasteiger partial charge on any atom is 0.338 e. The van der Waals surface area contributed by atoms with Crippen LogP contribution in [0.1, 0.15) is 11.1 Å². The number of benzene rings is 2. The van der Waals surface area contributed by atoms with Gasteiger partial charge in [-0.1, -0.05) is 17.7 Å². The van der Waals surface area contributed by atoms with E-state index in [1.807, 2.05) is 4.90 Å². The zero-order valence-electron chi connectivity index (χ0n) is 21.0. The molecule has 0 unspecified atom stereocenters. The number of fused-ring (bicyclic) bond motifs is 1. The molecule has 0 atom stereocenters. The van der Waals surface area contributed by atoms with Crippen LogP contribution in [-0.4, -0.2) is 43.3 Å². The van der Waals surface area contributed by atoms with Crippen LogP contribution in [0.15, 0.2) is 64.2 Å². The molecular weight excluding hydrogens is 566 g/mol. The SMILES string of the molecule is CN(C)Cc1c(-c2ccc([N+](=O)[O-])cc2)sc2c1c(=O)n(-c1ccc(Cl)nn1)c(=O)n2Cc1c(F)cccc1F. The highest BCUT2D eigenvalue weighted by Gasteiger charge is 2.26. The predicted molar refractivity (Wildman–Crippen MR) is 147 cm³/mol. The zero-order chi connectivity index (χ0) is 28.7. The molecule has 204 valence electrons. The van der Waals surface area contributed by atoms with Crippen molar-refractivity contribution in [2.75, 3.05) is 14.1 Å². The molecule has 5 aromatic rings. The first-order valence-electron chi connectivity index (χ1n) is 11.7. The summed E-state index contributed by atoms with van der Waals surface area (Å²) in [5, 5.41) is 19.0. The summed E-state index contributed by atoms with van der Waals surface area (Å²) in [5.74, 6) is -1.84. The topological polar surface area (TPSA) is 116 Å². The Morgan fingerprint density at radius 1 is 1.00 bits per heavy atom. The maximum absolute atomic E-state index is 14.7. The van der Waals surface area contributed by atoms with Gasteiger partial charge in [0.05, 0.1) is 16.9 Å². The molecular formula is C26H19ClF2N6O4S. The minimum atomic E-state index is -0.885. The third kappa shape index (κ3) is 4.90. The van der Waals surface area contributed by atoms with E-state index in [1.165, 1.54) is 30.3 Å². The molecule has 0 amide bonds. The van der Waals surface area contributed by atoms with Crippen LogP contribution in [0.3, 0.4) is 0 Å². The second-order valence-electron chi connectivity index (χ2n) is 9.06. The largest absolute Gasteiger partial charge is 0.338 e. The van der Waals surface area contributed by atoms with Gasteiger partial charge in [0.1, 0.15) is 16.5 Å². The minimum absolute atomic E-state index is 0.0379. The molecule has 0 N–H and O–H groups in total. The van der Waals surface area contributed by atoms with E-state index in [1.54, 1.807) is 26.2 Å². The Hall–Kier alpha value is -4.33. The van der Waals surface area contributed by atoms with E-state index >= 15 is 0 Å². The fourth-order valence-corrected chi connectivity index (χ4v) is 5.72. The van der Waals surface area contributed by atoms with Crippen molar-refractivity contribution in [3.8, 4) is 16.3 Å². The van der Waals surface area contributed by atoms with Gasteiger partial charge in [0, 0.05) is 29.1 Å². The summed E-state index contributed by atoms with van der Waals surface area (Å²) in [4.78, 5) is 41.0. The summed E-state index contributed by atoms with van der Waals surface area (Å²) in [5.41, 5.74) is -0.973. The Morgan fingerprint density at radius 3 is 2.25 bits per heavy atom. The van der Waals surface area contributed by atoms with Gasteiger partial charge in [0.15, 0.2) is 11.0 Å². The summed E-state index contributed by atoms with van der Waals surface area (Å²) in [6.45, 7) is -0.267. The van der Waals surface area contributed by atoms with Crippen LogP contribution < -0.4 is 11.2 Å². The number of non-ortho nitro benzene ring substituents is 1. The molecule has 10 nitrogen and oxygen atoms in total. The normalized spacial score (nSPS) is 11.4. The molecule has 0 fully saturated rings. The molecule has 40 heavy (non-hydrogen) atoms. The first-order valence-corrected chi connectivity index (χ1v) is 12.9. The number of nitrogens with zero attached hydrogens (tertiary/aromatic N) is 6. The number of nitro groups is 1. The van der Waals surface area contributed by atoms with Crippen molar-refractivity contribution in [3.63, 3.8) is 0 Å². The molecule has 0 radical (unpaired) electrons. The van der Waals surface area contributed by atoms with Crippen molar-refractivity contribution in [2.45, 2.75) is 13.1 Å². The van der Waals surface area contributed by atoms with Crippen molar-refractivity contribution < 1.29 is 13.7 Å². The number of nitro benzene ring substituents is 1. The van der Waals surface area contributed by atoms with E-state index in [0.717, 1.165) is 32.6 Å². The second-order valence-corrected chi connectivity index (χ2v) is 10.4. The molecule has 0 aliphatic heterocycles. The van der Waals surface area contributed by atoms with Crippen LogP contribution in [-0.2, 0) is 13.1 Å². The lowest BCUT2D eigenvalue weighted by molar-refractivity contribution is -0.384. The van der Waals surface area contributed by atoms with Crippen LogP contribution in [0.25, 0.3) is 26.5 Å². The van der Waals surface area contributed by atoms with Crippen molar-refractivity contribution in [1.82, 2.24) is 24.2 Å². The Kier molecular flexibility index (Phi) is 7.27. The quantitative estimate of drug-likeness (QED) is 0.202. The fourth-order valence-electron chi connectivity index (χ4n) is 4.31. The second kappa shape index (κ2) is 10.7. The number of aromatic nitrogens is 4. The molecule has 14 heteroatoms. The van der Waals surface area contributed by atoms with Crippen molar-refractivity contribution in [1.29, 1.82) is 0 Å². The summed E-state index contributed by atoms with van der Waals surface area (Å²) in [7, 11) is 3.58. The average Bonchev–Trinajstić information content (AvgIpc) is 3.27. The summed E-state index contributed by atoms with van der Waals surface area (Å²) in [6.07, 6.45) is 0. The Bertz CT molecular complexity index is 1870. The van der Waals surface area contributed by atoms with E-state index in [-0.39, 0.29) is 39.0 Å². The third-order valence-electron chi connectivity index (χ3n) is 6.11. The van der Waals surface area contributed by atoms with Crippen LogP contribution in [0.4, 0.5) is 14.5 Å². The zero-order valence-corrected chi connectivity index (χ0v) is 22.5. The van der Waals surface area contributed by atoms with Gasteiger partial charge in [-0.15, -0.1) is 21.5 Å². The molecule has 0 saturated carbocycles. The van der Waals surface area contributed by atoms with E-state index in [0.29, 0.717) is 16.0 Å². The van der Waals surface area contributed by atoms with E-state index in [2.05, 4.69) is 10.2 Å². The lowest BCUT2D eigenvalue weighted by Crippen LogP contribution is -2.39. The van der Waals surface area contributed by atoms with Gasteiger partial charge in [-0.05, 0) is 61.6 Å². The molecule has 5 rings (SSSR count). The van der Waals surface area contributed by atoms with Gasteiger partial charge < -0.3 is 4.90 Å². The molecule has 0 bridgehead atoms. The average molecular weight is 585 g/mol. The number of thiophene rings is 1. The van der Waals surface area contributed by atoms with Gasteiger partial charge in [-0.2, -0.15) is 0 Å². The molecule has 0 spiro atoms. The smallest absolute Gasteiger partial charge is 0.305 e. The van der Waals surface area contributed by atoms with Gasteiger partial charge in [-0.25, -0.2) is 18.1 Å². The number of hydrogen-bond donors (Lipinski definition) is 0. The Labute approximate surface area is 233 Å². The number of hydrogen-bond acceptors (Lipinski definition) is 8. The summed E-state index contributed by atoms with van der Waals surface area (Å²) >= 11 is 6.93. The van der Waals surface area contributed by atoms with Gasteiger partial charge in [-0.3, -0.25) is 19.5 Å². The Morgan fingerprint density at radius 2 is 1.68 bits per heavy atom. The molecule has 3 aromatic heterocycles. The first kappa shape index (κ1) is 27.2. The minimum Gasteiger partial charge on any atom is -0.305 e. The van der Waals surface area contributed by atoms with E-state index < -0.39 is 34.4 Å². The van der Waals surface area contributed by atoms with Gasteiger partial charge in [0.25, 0.3) is 11.2 Å². The van der Waals surface area contributed by atoms with Crippen molar-refractivity contribution in [2.24, 2.45) is 0 Å². The standard InChI is InChI=1S/C26H19ClF2N6O4S/c1-32(2)12-17-22-24(36)34(21-11-10-20(27)30-31-21)26(37)33(13-16-18(28)4-3-5-19(16)29)25(22)40-23(17)14-6-8-15(9-7-14)35(38)39/h3-11H,12-13H2,1-2H3. The number of rotatable bonds is 7. The fraction of sp³-hybridized carbons (Fsp3) is 0.154. The molecule has 2 aromatic carbocycles. The highest BCUT2D eigenvalue weighted by Crippen LogP contribution is 2.38. The lowest BCUT2D eigenvalue weighted by Gasteiger charge is -2.14. The van der Waals surface area contributed by atoms with E-state index in [4.69, 9.17) is 11.6 Å². The maximum atomic E-state index is 14.7. The monoisotopic (exact) mass is 584 g/mol. The van der Waals surface area contributed by atoms with Crippen LogP contribution in [0.5, 0.6) is 0 Å². The van der Waals surface area contributed by atoms with Crippen LogP contribution >= 0.6 is 22.9 Å². The van der Waals surface area contributed by atoms with Gasteiger partial charge >= 0.3 is 5.69 Å².